The number of aliphatic imine (C=N–C) groups is 1. The quantitative estimate of drug-likeness (QED) is 0.836. The van der Waals surface area contributed by atoms with Crippen LogP contribution in [0.1, 0.15) is 20.3 Å². The smallest absolute Gasteiger partial charge is 0.240 e. The number of thioether (sulfide) groups is 1. The number of anilines is 1. The zero-order chi connectivity index (χ0) is 16.8. The number of ether oxygens (including phenoxy) is 1. The van der Waals surface area contributed by atoms with Crippen molar-refractivity contribution >= 4 is 34.4 Å². The number of methoxy groups -OCH3 is 1. The first-order chi connectivity index (χ1) is 11.0. The van der Waals surface area contributed by atoms with Gasteiger partial charge in [0, 0.05) is 18.7 Å². The number of benzene rings is 1. The maximum absolute atomic E-state index is 12.1. The molecule has 0 radical (unpaired) electrons. The number of nitrogens with zero attached hydrogens (tertiary/aromatic N) is 1. The Kier molecular flexibility index (Phi) is 6.04. The van der Waals surface area contributed by atoms with Crippen LogP contribution in [0, 0.1) is 5.92 Å². The summed E-state index contributed by atoms with van der Waals surface area (Å²) in [5.41, 5.74) is 0.674. The van der Waals surface area contributed by atoms with E-state index in [2.05, 4.69) is 29.5 Å². The second kappa shape index (κ2) is 8.01. The van der Waals surface area contributed by atoms with Gasteiger partial charge in [0.15, 0.2) is 5.17 Å². The Morgan fingerprint density at radius 2 is 2.09 bits per heavy atom. The maximum Gasteiger partial charge on any atom is 0.240 e. The van der Waals surface area contributed by atoms with Gasteiger partial charge in [-0.15, -0.1) is 0 Å². The van der Waals surface area contributed by atoms with E-state index in [0.29, 0.717) is 23.3 Å². The van der Waals surface area contributed by atoms with Crippen LogP contribution in [0.4, 0.5) is 5.69 Å². The number of hydrogen-bond acceptors (Lipinski definition) is 5. The molecule has 0 spiro atoms. The van der Waals surface area contributed by atoms with Gasteiger partial charge >= 0.3 is 0 Å². The molecule has 1 aromatic rings. The summed E-state index contributed by atoms with van der Waals surface area (Å²) >= 11 is 1.31. The fraction of sp³-hybridized carbons (Fsp3) is 0.438. The molecular formula is C16H21N3O3S. The van der Waals surface area contributed by atoms with E-state index in [1.165, 1.54) is 11.8 Å². The van der Waals surface area contributed by atoms with Crippen molar-refractivity contribution in [2.24, 2.45) is 10.9 Å². The number of amidine groups is 1. The summed E-state index contributed by atoms with van der Waals surface area (Å²) in [6, 6.07) is 7.05. The lowest BCUT2D eigenvalue weighted by atomic mass is 10.2. The van der Waals surface area contributed by atoms with Crippen LogP contribution in [-0.2, 0) is 9.59 Å². The monoisotopic (exact) mass is 335 g/mol. The van der Waals surface area contributed by atoms with Crippen molar-refractivity contribution in [3.63, 3.8) is 0 Å². The second-order valence-electron chi connectivity index (χ2n) is 5.62. The Hall–Kier alpha value is -2.02. The first kappa shape index (κ1) is 17.3. The summed E-state index contributed by atoms with van der Waals surface area (Å²) < 4.78 is 5.07. The highest BCUT2D eigenvalue weighted by atomic mass is 32.2. The van der Waals surface area contributed by atoms with E-state index in [-0.39, 0.29) is 18.2 Å². The largest absolute Gasteiger partial charge is 0.497 e. The van der Waals surface area contributed by atoms with Crippen LogP contribution in [0.5, 0.6) is 5.75 Å². The molecule has 124 valence electrons. The van der Waals surface area contributed by atoms with Crippen molar-refractivity contribution in [2.75, 3.05) is 19.0 Å². The second-order valence-corrected chi connectivity index (χ2v) is 6.81. The number of rotatable bonds is 6. The Morgan fingerprint density at radius 3 is 2.70 bits per heavy atom. The summed E-state index contributed by atoms with van der Waals surface area (Å²) in [7, 11) is 1.59. The lowest BCUT2D eigenvalue weighted by Crippen LogP contribution is -2.28. The average Bonchev–Trinajstić information content (AvgIpc) is 2.86. The zero-order valence-electron chi connectivity index (χ0n) is 13.5. The molecule has 7 heteroatoms. The van der Waals surface area contributed by atoms with Gasteiger partial charge < -0.3 is 15.4 Å². The van der Waals surface area contributed by atoms with Gasteiger partial charge in [0.25, 0.3) is 0 Å². The predicted molar refractivity (Wildman–Crippen MR) is 92.9 cm³/mol. The lowest BCUT2D eigenvalue weighted by molar-refractivity contribution is -0.122. The van der Waals surface area contributed by atoms with Crippen molar-refractivity contribution in [1.29, 1.82) is 0 Å². The van der Waals surface area contributed by atoms with E-state index in [0.717, 1.165) is 5.75 Å². The third-order valence-electron chi connectivity index (χ3n) is 3.12. The lowest BCUT2D eigenvalue weighted by Gasteiger charge is -2.08. The summed E-state index contributed by atoms with van der Waals surface area (Å²) in [5.74, 6) is 0.785. The van der Waals surface area contributed by atoms with Crippen molar-refractivity contribution in [3.8, 4) is 5.75 Å². The molecular weight excluding hydrogens is 314 g/mol. The predicted octanol–water partition coefficient (Wildman–Crippen LogP) is 2.27. The molecule has 0 saturated carbocycles. The van der Waals surface area contributed by atoms with Gasteiger partial charge in [-0.05, 0) is 30.2 Å². The Labute approximate surface area is 140 Å². The third kappa shape index (κ3) is 5.28. The van der Waals surface area contributed by atoms with Crippen LogP contribution < -0.4 is 15.4 Å². The highest BCUT2D eigenvalue weighted by Crippen LogP contribution is 2.23. The first-order valence-corrected chi connectivity index (χ1v) is 8.31. The number of carbonyl (C=O) groups excluding carboxylic acids is 2. The first-order valence-electron chi connectivity index (χ1n) is 7.44. The highest BCUT2D eigenvalue weighted by Gasteiger charge is 2.31. The third-order valence-corrected chi connectivity index (χ3v) is 4.24. The normalized spacial score (nSPS) is 19.0. The molecule has 0 aliphatic carbocycles. The van der Waals surface area contributed by atoms with Gasteiger partial charge in [-0.3, -0.25) is 14.6 Å². The molecule has 1 aliphatic heterocycles. The average molecular weight is 335 g/mol. The van der Waals surface area contributed by atoms with Crippen LogP contribution in [0.25, 0.3) is 0 Å². The minimum absolute atomic E-state index is 0.114. The molecule has 1 aromatic carbocycles. The number of hydrogen-bond donors (Lipinski definition) is 2. The molecule has 0 bridgehead atoms. The summed E-state index contributed by atoms with van der Waals surface area (Å²) in [6.07, 6.45) is 0.114. The molecule has 1 heterocycles. The number of nitrogens with one attached hydrogen (secondary N) is 2. The number of amides is 2. The van der Waals surface area contributed by atoms with Crippen LogP contribution in [0.2, 0.25) is 0 Å². The molecule has 2 amide bonds. The van der Waals surface area contributed by atoms with Gasteiger partial charge in [0.2, 0.25) is 11.8 Å². The fourth-order valence-electron chi connectivity index (χ4n) is 1.94. The Balaban J connectivity index is 1.87. The minimum Gasteiger partial charge on any atom is -0.497 e. The zero-order valence-corrected chi connectivity index (χ0v) is 14.3. The maximum atomic E-state index is 12.1. The Morgan fingerprint density at radius 1 is 1.39 bits per heavy atom. The van der Waals surface area contributed by atoms with Crippen LogP contribution >= 0.6 is 11.8 Å². The van der Waals surface area contributed by atoms with Crippen molar-refractivity contribution in [3.05, 3.63) is 24.3 Å². The minimum atomic E-state index is -0.431. The molecule has 1 saturated heterocycles. The molecule has 0 aromatic heterocycles. The van der Waals surface area contributed by atoms with Crippen molar-refractivity contribution in [1.82, 2.24) is 5.32 Å². The van der Waals surface area contributed by atoms with Crippen LogP contribution in [-0.4, -0.2) is 35.9 Å². The molecule has 2 N–H and O–H groups in total. The number of carbonyl (C=O) groups is 2. The highest BCUT2D eigenvalue weighted by molar-refractivity contribution is 8.15. The van der Waals surface area contributed by atoms with Gasteiger partial charge in [-0.2, -0.15) is 0 Å². The van der Waals surface area contributed by atoms with E-state index in [9.17, 15) is 9.59 Å². The SMILES string of the molecule is COc1ccc(NC(=O)CC2SC(=NCC(C)C)NC2=O)cc1. The van der Waals surface area contributed by atoms with Gasteiger partial charge in [-0.25, -0.2) is 0 Å². The molecule has 2 rings (SSSR count). The van der Waals surface area contributed by atoms with E-state index >= 15 is 0 Å². The van der Waals surface area contributed by atoms with Crippen LogP contribution in [0.15, 0.2) is 29.3 Å². The van der Waals surface area contributed by atoms with E-state index in [1.807, 2.05) is 0 Å². The summed E-state index contributed by atoms with van der Waals surface area (Å²) in [6.45, 7) is 4.78. The molecule has 1 atom stereocenters. The topological polar surface area (TPSA) is 79.8 Å². The molecule has 23 heavy (non-hydrogen) atoms. The molecule has 1 aliphatic rings. The fourth-order valence-corrected chi connectivity index (χ4v) is 2.91. The van der Waals surface area contributed by atoms with Gasteiger partial charge in [-0.1, -0.05) is 25.6 Å². The van der Waals surface area contributed by atoms with Gasteiger partial charge in [0.1, 0.15) is 11.0 Å². The molecule has 1 unspecified atom stereocenters. The van der Waals surface area contributed by atoms with E-state index in [1.54, 1.807) is 31.4 Å². The van der Waals surface area contributed by atoms with E-state index < -0.39 is 5.25 Å². The Bertz CT molecular complexity index is 599. The summed E-state index contributed by atoms with van der Waals surface area (Å²) in [5, 5.41) is 5.67. The summed E-state index contributed by atoms with van der Waals surface area (Å²) in [4.78, 5) is 28.3. The molecule has 6 nitrogen and oxygen atoms in total. The van der Waals surface area contributed by atoms with Crippen molar-refractivity contribution < 1.29 is 14.3 Å². The van der Waals surface area contributed by atoms with Crippen LogP contribution in [0.3, 0.4) is 0 Å². The van der Waals surface area contributed by atoms with Gasteiger partial charge in [0.05, 0.1) is 7.11 Å². The standard InChI is InChI=1S/C16H21N3O3S/c1-10(2)9-17-16-19-15(21)13(23-16)8-14(20)18-11-4-6-12(22-3)7-5-11/h4-7,10,13H,8-9H2,1-3H3,(H,18,20)(H,17,19,21). The van der Waals surface area contributed by atoms with E-state index in [4.69, 9.17) is 4.74 Å². The van der Waals surface area contributed by atoms with Crippen molar-refractivity contribution in [2.45, 2.75) is 25.5 Å². The molecule has 1 fully saturated rings.